The van der Waals surface area contributed by atoms with Gasteiger partial charge in [0.2, 0.25) is 0 Å². The Bertz CT molecular complexity index is 323. The summed E-state index contributed by atoms with van der Waals surface area (Å²) in [5.41, 5.74) is 6.31. The van der Waals surface area contributed by atoms with Gasteiger partial charge in [-0.25, -0.2) is 9.78 Å². The normalized spacial score (nSPS) is 15.3. The van der Waals surface area contributed by atoms with Crippen molar-refractivity contribution in [1.82, 2.24) is 9.97 Å². The number of hydrogen-bond donors (Lipinski definition) is 3. The molecule has 0 radical (unpaired) electrons. The minimum Gasteiger partial charge on any atom is -0.479 e. The smallest absolute Gasteiger partial charge is 0.334 e. The number of aromatic amines is 1. The summed E-state index contributed by atoms with van der Waals surface area (Å²) in [6, 6.07) is 0. The van der Waals surface area contributed by atoms with Crippen LogP contribution in [-0.4, -0.2) is 24.6 Å². The number of imidazole rings is 1. The molecule has 0 aliphatic rings. The average molecular weight is 407 g/mol. The second kappa shape index (κ2) is 4.09. The van der Waals surface area contributed by atoms with Gasteiger partial charge < -0.3 is 15.8 Å². The lowest BCUT2D eigenvalue weighted by Gasteiger charge is -2.15. The van der Waals surface area contributed by atoms with Crippen molar-refractivity contribution in [2.24, 2.45) is 5.73 Å². The predicted octanol–water partition coefficient (Wildman–Crippen LogP) is 0.731. The molecule has 0 unspecified atom stereocenters. The molecular formula is C6H7I2N3O2. The predicted molar refractivity (Wildman–Crippen MR) is 63.6 cm³/mol. The van der Waals surface area contributed by atoms with Gasteiger partial charge in [-0.05, 0) is 45.2 Å². The fraction of sp³-hybridized carbons (Fsp3) is 0.333. The van der Waals surface area contributed by atoms with Gasteiger partial charge in [-0.2, -0.15) is 0 Å². The molecule has 0 saturated heterocycles. The fourth-order valence-electron chi connectivity index (χ4n) is 0.761. The van der Waals surface area contributed by atoms with E-state index in [1.54, 1.807) is 22.6 Å². The van der Waals surface area contributed by atoms with Gasteiger partial charge in [-0.3, -0.25) is 0 Å². The Hall–Kier alpha value is 0.1000. The third kappa shape index (κ3) is 2.77. The Labute approximate surface area is 102 Å². The molecule has 7 heteroatoms. The van der Waals surface area contributed by atoms with Crippen LogP contribution < -0.4 is 5.73 Å². The lowest BCUT2D eigenvalue weighted by Crippen LogP contribution is -2.43. The first-order chi connectivity index (χ1) is 5.93. The van der Waals surface area contributed by atoms with Crippen LogP contribution in [0.15, 0.2) is 6.33 Å². The van der Waals surface area contributed by atoms with E-state index in [1.165, 1.54) is 6.33 Å². The summed E-state index contributed by atoms with van der Waals surface area (Å²) >= 11 is 3.74. The molecule has 4 N–H and O–H groups in total. The van der Waals surface area contributed by atoms with Crippen LogP contribution in [0.2, 0.25) is 0 Å². The summed E-state index contributed by atoms with van der Waals surface area (Å²) in [4.78, 5) is 17.5. The van der Waals surface area contributed by atoms with Crippen LogP contribution in [0.1, 0.15) is 5.69 Å². The second-order valence-electron chi connectivity index (χ2n) is 2.52. The first-order valence-corrected chi connectivity index (χ1v) is 5.48. The van der Waals surface area contributed by atoms with Gasteiger partial charge in [-0.1, -0.05) is 0 Å². The van der Waals surface area contributed by atoms with Crippen molar-refractivity contribution < 1.29 is 9.90 Å². The van der Waals surface area contributed by atoms with Crippen molar-refractivity contribution in [1.29, 1.82) is 0 Å². The highest BCUT2D eigenvalue weighted by atomic mass is 127. The van der Waals surface area contributed by atoms with Crippen molar-refractivity contribution in [3.63, 3.8) is 0 Å². The molecule has 1 rings (SSSR count). The Balaban J connectivity index is 2.80. The fourth-order valence-corrected chi connectivity index (χ4v) is 1.63. The van der Waals surface area contributed by atoms with Crippen LogP contribution >= 0.6 is 45.2 Å². The number of aromatic nitrogens is 2. The molecule has 0 bridgehead atoms. The van der Waals surface area contributed by atoms with E-state index in [4.69, 9.17) is 10.8 Å². The molecule has 0 aliphatic carbocycles. The van der Waals surface area contributed by atoms with E-state index in [0.29, 0.717) is 0 Å². The summed E-state index contributed by atoms with van der Waals surface area (Å²) in [5, 5.41) is 8.76. The number of alkyl halides is 1. The van der Waals surface area contributed by atoms with E-state index in [0.717, 1.165) is 9.39 Å². The zero-order valence-electron chi connectivity index (χ0n) is 6.42. The number of halogens is 2. The van der Waals surface area contributed by atoms with Gasteiger partial charge in [0, 0.05) is 6.42 Å². The highest BCUT2D eigenvalue weighted by molar-refractivity contribution is 14.1. The van der Waals surface area contributed by atoms with E-state index in [2.05, 4.69) is 9.97 Å². The van der Waals surface area contributed by atoms with Gasteiger partial charge in [-0.15, -0.1) is 0 Å². The first-order valence-electron chi connectivity index (χ1n) is 3.32. The lowest BCUT2D eigenvalue weighted by molar-refractivity contribution is -0.139. The van der Waals surface area contributed by atoms with Crippen molar-refractivity contribution in [3.05, 3.63) is 15.7 Å². The van der Waals surface area contributed by atoms with E-state index >= 15 is 0 Å². The number of aliphatic carboxylic acids is 1. The average Bonchev–Trinajstić information content (AvgIpc) is 2.35. The number of nitrogens with two attached hydrogens (primary N) is 1. The number of hydrogen-bond acceptors (Lipinski definition) is 3. The van der Waals surface area contributed by atoms with Gasteiger partial charge in [0.1, 0.15) is 3.70 Å². The van der Waals surface area contributed by atoms with Crippen molar-refractivity contribution in [2.45, 2.75) is 9.97 Å². The zero-order valence-corrected chi connectivity index (χ0v) is 10.7. The monoisotopic (exact) mass is 407 g/mol. The molecule has 1 aromatic rings. The third-order valence-electron chi connectivity index (χ3n) is 1.46. The van der Waals surface area contributed by atoms with Crippen LogP contribution in [0, 0.1) is 3.70 Å². The maximum Gasteiger partial charge on any atom is 0.334 e. The summed E-state index contributed by atoms with van der Waals surface area (Å²) in [6.45, 7) is 0. The number of rotatable bonds is 3. The number of nitrogens with one attached hydrogen (secondary N) is 1. The summed E-state index contributed by atoms with van der Waals surface area (Å²) in [5.74, 6) is -1.03. The van der Waals surface area contributed by atoms with Crippen LogP contribution in [0.4, 0.5) is 0 Å². The van der Waals surface area contributed by atoms with Crippen molar-refractivity contribution in [3.8, 4) is 0 Å². The largest absolute Gasteiger partial charge is 0.479 e. The second-order valence-corrected chi connectivity index (χ2v) is 5.46. The Morgan fingerprint density at radius 1 is 1.85 bits per heavy atom. The number of nitrogens with zero attached hydrogens (tertiary/aromatic N) is 1. The van der Waals surface area contributed by atoms with Crippen molar-refractivity contribution in [2.75, 3.05) is 0 Å². The minimum atomic E-state index is -1.27. The molecule has 0 amide bonds. The van der Waals surface area contributed by atoms with Gasteiger partial charge in [0.25, 0.3) is 0 Å². The Morgan fingerprint density at radius 2 is 2.46 bits per heavy atom. The number of carboxylic acid groups (broad SMARTS) is 1. The summed E-state index contributed by atoms with van der Waals surface area (Å²) in [6.07, 6.45) is 1.76. The molecule has 5 nitrogen and oxygen atoms in total. The molecule has 1 aromatic heterocycles. The van der Waals surface area contributed by atoms with E-state index in [9.17, 15) is 4.79 Å². The van der Waals surface area contributed by atoms with Gasteiger partial charge in [0.15, 0.2) is 3.55 Å². The zero-order chi connectivity index (χ0) is 10.1. The van der Waals surface area contributed by atoms with Gasteiger partial charge >= 0.3 is 5.97 Å². The molecule has 1 atom stereocenters. The maximum absolute atomic E-state index is 10.7. The highest BCUT2D eigenvalue weighted by Gasteiger charge is 2.31. The lowest BCUT2D eigenvalue weighted by atomic mass is 10.2. The minimum absolute atomic E-state index is 0.237. The summed E-state index contributed by atoms with van der Waals surface area (Å²) in [7, 11) is 0. The van der Waals surface area contributed by atoms with Crippen LogP contribution in [-0.2, 0) is 11.2 Å². The standard InChI is InChI=1S/C6H7I2N3O2/c7-4-3(10-2-11-4)1-6(8,9)5(12)13/h2H,1,9H2,(H,10,11)(H,12,13)/t6-/m1/s1. The number of carbonyl (C=O) groups is 1. The number of H-pyrrole nitrogens is 1. The summed E-state index contributed by atoms with van der Waals surface area (Å²) < 4.78 is -0.519. The molecule has 0 spiro atoms. The first kappa shape index (κ1) is 11.2. The van der Waals surface area contributed by atoms with E-state index < -0.39 is 9.51 Å². The van der Waals surface area contributed by atoms with Gasteiger partial charge in [0.05, 0.1) is 12.0 Å². The maximum atomic E-state index is 10.7. The molecule has 0 aromatic carbocycles. The number of carboxylic acids is 1. The molecule has 0 fully saturated rings. The molecule has 0 saturated carbocycles. The van der Waals surface area contributed by atoms with E-state index in [-0.39, 0.29) is 6.42 Å². The Morgan fingerprint density at radius 3 is 2.85 bits per heavy atom. The van der Waals surface area contributed by atoms with Crippen molar-refractivity contribution >= 4 is 51.2 Å². The molecule has 13 heavy (non-hydrogen) atoms. The topological polar surface area (TPSA) is 92.0 Å². The Kier molecular flexibility index (Phi) is 3.51. The molecular weight excluding hydrogens is 400 g/mol. The van der Waals surface area contributed by atoms with Crippen LogP contribution in [0.3, 0.4) is 0 Å². The van der Waals surface area contributed by atoms with E-state index in [1.807, 2.05) is 22.6 Å². The van der Waals surface area contributed by atoms with Crippen LogP contribution in [0.5, 0.6) is 0 Å². The van der Waals surface area contributed by atoms with Crippen LogP contribution in [0.25, 0.3) is 0 Å². The quantitative estimate of drug-likeness (QED) is 0.392. The molecule has 1 heterocycles. The molecule has 72 valence electrons. The SMILES string of the molecule is N[C@](I)(Cc1[nH]cnc1I)C(=O)O. The molecule has 0 aliphatic heterocycles. The third-order valence-corrected chi connectivity index (χ3v) is 3.23. The highest BCUT2D eigenvalue weighted by Crippen LogP contribution is 2.19.